The van der Waals surface area contributed by atoms with Crippen LogP contribution in [0.3, 0.4) is 0 Å². The SMILES string of the molecule is NC(=O)c1ccsc1NC(=O)CSc1nnc(-c2c[nH]c3ccccc23)n1C[C@H]1CCCO1. The number of anilines is 1. The summed E-state index contributed by atoms with van der Waals surface area (Å²) in [5, 5.41) is 15.5. The van der Waals surface area contributed by atoms with Crippen LogP contribution in [-0.2, 0) is 16.1 Å². The van der Waals surface area contributed by atoms with Gasteiger partial charge in [0.2, 0.25) is 5.91 Å². The second-order valence-corrected chi connectivity index (χ2v) is 9.52. The molecule has 4 N–H and O–H groups in total. The molecule has 1 atom stereocenters. The number of nitrogens with one attached hydrogen (secondary N) is 2. The van der Waals surface area contributed by atoms with E-state index in [9.17, 15) is 9.59 Å². The molecule has 0 aliphatic carbocycles. The van der Waals surface area contributed by atoms with E-state index in [0.717, 1.165) is 41.7 Å². The van der Waals surface area contributed by atoms with Crippen molar-refractivity contribution in [3.63, 3.8) is 0 Å². The van der Waals surface area contributed by atoms with Crippen molar-refractivity contribution in [2.45, 2.75) is 30.6 Å². The average molecular weight is 483 g/mol. The van der Waals surface area contributed by atoms with Crippen molar-refractivity contribution < 1.29 is 14.3 Å². The number of H-pyrrole nitrogens is 1. The molecule has 0 radical (unpaired) electrons. The van der Waals surface area contributed by atoms with Gasteiger partial charge in [-0.05, 0) is 30.4 Å². The van der Waals surface area contributed by atoms with Crippen LogP contribution in [0, 0.1) is 0 Å². The molecule has 1 aliphatic heterocycles. The molecular formula is C22H22N6O3S2. The molecule has 33 heavy (non-hydrogen) atoms. The van der Waals surface area contributed by atoms with Crippen LogP contribution < -0.4 is 11.1 Å². The number of ether oxygens (including phenoxy) is 1. The van der Waals surface area contributed by atoms with E-state index in [2.05, 4.69) is 20.5 Å². The highest BCUT2D eigenvalue weighted by Gasteiger charge is 2.23. The van der Waals surface area contributed by atoms with Crippen LogP contribution in [-0.4, -0.2) is 50.0 Å². The van der Waals surface area contributed by atoms with Crippen LogP contribution in [0.1, 0.15) is 23.2 Å². The number of thioether (sulfide) groups is 1. The van der Waals surface area contributed by atoms with E-state index < -0.39 is 5.91 Å². The Labute approximate surface area is 197 Å². The maximum absolute atomic E-state index is 12.6. The minimum absolute atomic E-state index is 0.0855. The molecule has 0 unspecified atom stereocenters. The summed E-state index contributed by atoms with van der Waals surface area (Å²) in [6.07, 6.45) is 4.03. The van der Waals surface area contributed by atoms with Crippen LogP contribution in [0.4, 0.5) is 5.00 Å². The third-order valence-corrected chi connectivity index (χ3v) is 7.27. The first-order chi connectivity index (χ1) is 16.1. The first kappa shape index (κ1) is 21.7. The first-order valence-corrected chi connectivity index (χ1v) is 12.4. The van der Waals surface area contributed by atoms with Gasteiger partial charge in [0.05, 0.1) is 24.0 Å². The fourth-order valence-electron chi connectivity index (χ4n) is 3.90. The molecule has 0 spiro atoms. The number of carbonyl (C=O) groups is 2. The number of hydrogen-bond donors (Lipinski definition) is 3. The van der Waals surface area contributed by atoms with Crippen LogP contribution in [0.25, 0.3) is 22.3 Å². The quantitative estimate of drug-likeness (QED) is 0.330. The van der Waals surface area contributed by atoms with Gasteiger partial charge in [0.25, 0.3) is 5.91 Å². The lowest BCUT2D eigenvalue weighted by Gasteiger charge is -2.14. The Morgan fingerprint density at radius 3 is 3.00 bits per heavy atom. The van der Waals surface area contributed by atoms with Crippen molar-refractivity contribution in [1.29, 1.82) is 0 Å². The molecule has 11 heteroatoms. The highest BCUT2D eigenvalue weighted by Crippen LogP contribution is 2.31. The van der Waals surface area contributed by atoms with Crippen LogP contribution in [0.2, 0.25) is 0 Å². The number of nitrogens with zero attached hydrogens (tertiary/aromatic N) is 3. The van der Waals surface area contributed by atoms with Crippen LogP contribution >= 0.6 is 23.1 Å². The van der Waals surface area contributed by atoms with Gasteiger partial charge in [0, 0.05) is 29.3 Å². The average Bonchev–Trinajstić information content (AvgIpc) is 3.60. The van der Waals surface area contributed by atoms with Gasteiger partial charge in [-0.3, -0.25) is 14.2 Å². The molecule has 1 aliphatic rings. The van der Waals surface area contributed by atoms with Gasteiger partial charge in [0.15, 0.2) is 11.0 Å². The predicted molar refractivity (Wildman–Crippen MR) is 128 cm³/mol. The van der Waals surface area contributed by atoms with Gasteiger partial charge in [-0.25, -0.2) is 0 Å². The normalized spacial score (nSPS) is 15.8. The lowest BCUT2D eigenvalue weighted by atomic mass is 10.1. The van der Waals surface area contributed by atoms with E-state index >= 15 is 0 Å². The van der Waals surface area contributed by atoms with E-state index in [0.29, 0.717) is 22.3 Å². The molecule has 4 heterocycles. The monoisotopic (exact) mass is 482 g/mol. The highest BCUT2D eigenvalue weighted by molar-refractivity contribution is 7.99. The van der Waals surface area contributed by atoms with E-state index in [1.807, 2.05) is 35.0 Å². The predicted octanol–water partition coefficient (Wildman–Crippen LogP) is 3.50. The Morgan fingerprint density at radius 2 is 2.18 bits per heavy atom. The summed E-state index contributed by atoms with van der Waals surface area (Å²) in [6.45, 7) is 1.37. The Morgan fingerprint density at radius 1 is 1.30 bits per heavy atom. The molecule has 170 valence electrons. The molecule has 1 saturated heterocycles. The molecule has 1 aromatic carbocycles. The number of amides is 2. The molecule has 9 nitrogen and oxygen atoms in total. The second-order valence-electron chi connectivity index (χ2n) is 7.66. The lowest BCUT2D eigenvalue weighted by Crippen LogP contribution is -2.19. The smallest absolute Gasteiger partial charge is 0.251 e. The van der Waals surface area contributed by atoms with Crippen molar-refractivity contribution in [3.05, 3.63) is 47.5 Å². The molecule has 2 amide bonds. The third kappa shape index (κ3) is 4.52. The van der Waals surface area contributed by atoms with Crippen molar-refractivity contribution in [2.24, 2.45) is 5.73 Å². The topological polar surface area (TPSA) is 128 Å². The first-order valence-electron chi connectivity index (χ1n) is 10.5. The zero-order chi connectivity index (χ0) is 22.8. The third-order valence-electron chi connectivity index (χ3n) is 5.47. The molecule has 5 rings (SSSR count). The second kappa shape index (κ2) is 9.38. The van der Waals surface area contributed by atoms with Gasteiger partial charge in [-0.1, -0.05) is 30.0 Å². The minimum Gasteiger partial charge on any atom is -0.376 e. The van der Waals surface area contributed by atoms with Crippen molar-refractivity contribution in [3.8, 4) is 11.4 Å². The van der Waals surface area contributed by atoms with Crippen molar-refractivity contribution in [2.75, 3.05) is 17.7 Å². The number of para-hydroxylation sites is 1. The lowest BCUT2D eigenvalue weighted by molar-refractivity contribution is -0.113. The van der Waals surface area contributed by atoms with Gasteiger partial charge < -0.3 is 20.8 Å². The van der Waals surface area contributed by atoms with E-state index in [4.69, 9.17) is 10.5 Å². The Kier molecular flexibility index (Phi) is 6.16. The van der Waals surface area contributed by atoms with Gasteiger partial charge in [-0.2, -0.15) is 0 Å². The maximum Gasteiger partial charge on any atom is 0.251 e. The number of fused-ring (bicyclic) bond motifs is 1. The summed E-state index contributed by atoms with van der Waals surface area (Å²) >= 11 is 2.56. The molecule has 0 saturated carbocycles. The summed E-state index contributed by atoms with van der Waals surface area (Å²) in [5.41, 5.74) is 7.65. The molecule has 4 aromatic rings. The number of hydrogen-bond acceptors (Lipinski definition) is 7. The number of thiophene rings is 1. The van der Waals surface area contributed by atoms with Crippen LogP contribution in [0.5, 0.6) is 0 Å². The fraction of sp³-hybridized carbons (Fsp3) is 0.273. The van der Waals surface area contributed by atoms with E-state index in [1.165, 1.54) is 23.1 Å². The van der Waals surface area contributed by atoms with Crippen molar-refractivity contribution in [1.82, 2.24) is 19.7 Å². The van der Waals surface area contributed by atoms with Gasteiger partial charge >= 0.3 is 0 Å². The molecular weight excluding hydrogens is 460 g/mol. The number of rotatable bonds is 8. The summed E-state index contributed by atoms with van der Waals surface area (Å²) < 4.78 is 7.89. The molecule has 0 bridgehead atoms. The number of nitrogens with two attached hydrogens (primary N) is 1. The summed E-state index contributed by atoms with van der Waals surface area (Å²) in [4.78, 5) is 27.3. The van der Waals surface area contributed by atoms with Crippen molar-refractivity contribution >= 4 is 50.8 Å². The molecule has 3 aromatic heterocycles. The zero-order valence-corrected chi connectivity index (χ0v) is 19.2. The Hall–Kier alpha value is -3.15. The summed E-state index contributed by atoms with van der Waals surface area (Å²) in [5.74, 6) is 0.0393. The maximum atomic E-state index is 12.6. The zero-order valence-electron chi connectivity index (χ0n) is 17.6. The molecule has 1 fully saturated rings. The minimum atomic E-state index is -0.570. The Bertz CT molecular complexity index is 1300. The Balaban J connectivity index is 1.38. The number of carbonyl (C=O) groups excluding carboxylic acids is 2. The number of primary amides is 1. The van der Waals surface area contributed by atoms with E-state index in [-0.39, 0.29) is 17.8 Å². The number of aromatic amines is 1. The fourth-order valence-corrected chi connectivity index (χ4v) is 5.46. The summed E-state index contributed by atoms with van der Waals surface area (Å²) in [7, 11) is 0. The van der Waals surface area contributed by atoms with Crippen LogP contribution in [0.15, 0.2) is 47.1 Å². The highest BCUT2D eigenvalue weighted by atomic mass is 32.2. The van der Waals surface area contributed by atoms with E-state index in [1.54, 1.807) is 11.4 Å². The summed E-state index contributed by atoms with van der Waals surface area (Å²) in [6, 6.07) is 9.64. The standard InChI is InChI=1S/C22H22N6O3S2/c23-19(30)15-7-9-32-21(15)25-18(29)12-33-22-27-26-20(28(22)11-13-4-3-8-31-13)16-10-24-17-6-2-1-5-14(16)17/h1-2,5-7,9-10,13,24H,3-4,8,11-12H2,(H2,23,30)(H,25,29)/t13-/m1/s1. The largest absolute Gasteiger partial charge is 0.376 e. The van der Waals surface area contributed by atoms with Gasteiger partial charge in [0.1, 0.15) is 5.00 Å². The number of benzene rings is 1. The number of aromatic nitrogens is 4. The van der Waals surface area contributed by atoms with Gasteiger partial charge in [-0.15, -0.1) is 21.5 Å².